The Hall–Kier alpha value is -2.71. The van der Waals surface area contributed by atoms with Gasteiger partial charge in [-0.15, -0.1) is 0 Å². The van der Waals surface area contributed by atoms with E-state index in [0.717, 1.165) is 6.07 Å². The summed E-state index contributed by atoms with van der Waals surface area (Å²) in [5.41, 5.74) is -0.585. The number of carbonyl (C=O) groups excluding carboxylic acids is 1. The summed E-state index contributed by atoms with van der Waals surface area (Å²) in [6.45, 7) is 0.559. The van der Waals surface area contributed by atoms with Crippen LogP contribution in [0.2, 0.25) is 0 Å². The highest BCUT2D eigenvalue weighted by Crippen LogP contribution is 2.34. The molecule has 1 aromatic rings. The first-order valence-electron chi connectivity index (χ1n) is 6.29. The lowest BCUT2D eigenvalue weighted by Crippen LogP contribution is -2.44. The van der Waals surface area contributed by atoms with Gasteiger partial charge in [0.05, 0.1) is 15.9 Å². The first kappa shape index (κ1) is 14.7. The molecule has 0 bridgehead atoms. The summed E-state index contributed by atoms with van der Waals surface area (Å²) in [6.07, 6.45) is 1.02. The van der Waals surface area contributed by atoms with Crippen LogP contribution >= 0.6 is 0 Å². The van der Waals surface area contributed by atoms with Crippen LogP contribution in [0, 0.1) is 26.1 Å². The van der Waals surface area contributed by atoms with Crippen molar-refractivity contribution >= 4 is 23.0 Å². The third-order valence-corrected chi connectivity index (χ3v) is 3.46. The van der Waals surface area contributed by atoms with Crippen molar-refractivity contribution in [2.24, 2.45) is 5.92 Å². The van der Waals surface area contributed by atoms with E-state index >= 15 is 0 Å². The molecular weight excluding hydrogens is 282 g/mol. The van der Waals surface area contributed by atoms with Crippen LogP contribution in [0.25, 0.3) is 0 Å². The fourth-order valence-electron chi connectivity index (χ4n) is 2.43. The van der Waals surface area contributed by atoms with Gasteiger partial charge in [-0.05, 0) is 18.9 Å². The molecule has 1 aliphatic rings. The van der Waals surface area contributed by atoms with E-state index in [1.807, 2.05) is 0 Å². The highest BCUT2D eigenvalue weighted by molar-refractivity contribution is 5.71. The minimum absolute atomic E-state index is 0.0982. The number of carboxylic acids is 1. The lowest BCUT2D eigenvalue weighted by molar-refractivity contribution is -0.393. The number of aliphatic carboxylic acids is 1. The van der Waals surface area contributed by atoms with Crippen molar-refractivity contribution < 1.29 is 19.7 Å². The van der Waals surface area contributed by atoms with E-state index in [1.165, 1.54) is 12.1 Å². The van der Waals surface area contributed by atoms with Crippen LogP contribution in [-0.2, 0) is 4.79 Å². The number of hydrogen-bond acceptors (Lipinski definition) is 7. The van der Waals surface area contributed by atoms with Crippen LogP contribution < -0.4 is 10.0 Å². The molecule has 2 rings (SSSR count). The van der Waals surface area contributed by atoms with E-state index in [9.17, 15) is 30.1 Å². The monoisotopic (exact) mass is 294 g/mol. The van der Waals surface area contributed by atoms with Gasteiger partial charge < -0.3 is 14.8 Å². The molecule has 0 aliphatic carbocycles. The molecule has 1 heterocycles. The summed E-state index contributed by atoms with van der Waals surface area (Å²) in [7, 11) is 0. The number of rotatable bonds is 4. The number of nitro groups is 2. The number of non-ortho nitro benzene ring substituents is 1. The molecule has 0 N–H and O–H groups in total. The zero-order valence-electron chi connectivity index (χ0n) is 10.9. The Morgan fingerprint density at radius 2 is 1.95 bits per heavy atom. The molecule has 0 saturated carbocycles. The zero-order chi connectivity index (χ0) is 15.6. The Balaban J connectivity index is 2.36. The highest BCUT2D eigenvalue weighted by atomic mass is 16.6. The SMILES string of the molecule is O=C([O-])[C@H]1CCCN(c2ccc([N+](=O)[O-])cc2[N+](=O)[O-])C1. The standard InChI is InChI=1S/C12H13N3O6/c16-12(17)8-2-1-5-13(7-8)10-4-3-9(14(18)19)6-11(10)15(20)21/h3-4,6,8H,1-2,5,7H2,(H,16,17)/p-1/t8-/m0/s1. The Morgan fingerprint density at radius 3 is 2.52 bits per heavy atom. The Labute approximate surface area is 119 Å². The van der Waals surface area contributed by atoms with Gasteiger partial charge in [0.1, 0.15) is 5.69 Å². The predicted octanol–water partition coefficient (Wildman–Crippen LogP) is 0.469. The van der Waals surface area contributed by atoms with Gasteiger partial charge in [0, 0.05) is 31.0 Å². The summed E-state index contributed by atoms with van der Waals surface area (Å²) in [4.78, 5) is 32.8. The minimum Gasteiger partial charge on any atom is -0.550 e. The molecule has 0 aromatic heterocycles. The number of anilines is 1. The molecule has 1 aromatic carbocycles. The second kappa shape index (κ2) is 5.73. The summed E-state index contributed by atoms with van der Waals surface area (Å²) in [5.74, 6) is -1.89. The third-order valence-electron chi connectivity index (χ3n) is 3.46. The fraction of sp³-hybridized carbons (Fsp3) is 0.417. The van der Waals surface area contributed by atoms with Crippen LogP contribution in [0.4, 0.5) is 17.1 Å². The van der Waals surface area contributed by atoms with E-state index in [4.69, 9.17) is 0 Å². The van der Waals surface area contributed by atoms with Crippen molar-refractivity contribution in [3.63, 3.8) is 0 Å². The van der Waals surface area contributed by atoms with Crippen LogP contribution in [0.1, 0.15) is 12.8 Å². The molecule has 9 heteroatoms. The Bertz CT molecular complexity index is 603. The van der Waals surface area contributed by atoms with Crippen molar-refractivity contribution in [1.82, 2.24) is 0 Å². The van der Waals surface area contributed by atoms with E-state index in [-0.39, 0.29) is 17.9 Å². The van der Waals surface area contributed by atoms with E-state index in [2.05, 4.69) is 0 Å². The lowest BCUT2D eigenvalue weighted by Gasteiger charge is -2.34. The van der Waals surface area contributed by atoms with Gasteiger partial charge in [0.2, 0.25) is 0 Å². The van der Waals surface area contributed by atoms with Crippen LogP contribution in [0.15, 0.2) is 18.2 Å². The largest absolute Gasteiger partial charge is 0.550 e. The molecule has 1 saturated heterocycles. The maximum atomic E-state index is 11.1. The first-order valence-corrected chi connectivity index (χ1v) is 6.29. The van der Waals surface area contributed by atoms with E-state index in [1.54, 1.807) is 4.90 Å². The van der Waals surface area contributed by atoms with Crippen molar-refractivity contribution in [2.45, 2.75) is 12.8 Å². The van der Waals surface area contributed by atoms with Crippen molar-refractivity contribution in [2.75, 3.05) is 18.0 Å². The number of benzene rings is 1. The van der Waals surface area contributed by atoms with Gasteiger partial charge in [-0.1, -0.05) is 0 Å². The second-order valence-electron chi connectivity index (χ2n) is 4.79. The maximum Gasteiger partial charge on any atom is 0.299 e. The van der Waals surface area contributed by atoms with Gasteiger partial charge in [0.15, 0.2) is 0 Å². The van der Waals surface area contributed by atoms with Gasteiger partial charge in [0.25, 0.3) is 11.4 Å². The third kappa shape index (κ3) is 3.07. The molecule has 0 spiro atoms. The summed E-state index contributed by atoms with van der Waals surface area (Å²) >= 11 is 0. The number of carbonyl (C=O) groups is 1. The molecule has 0 radical (unpaired) electrons. The second-order valence-corrected chi connectivity index (χ2v) is 4.79. The van der Waals surface area contributed by atoms with Crippen LogP contribution in [0.5, 0.6) is 0 Å². The van der Waals surface area contributed by atoms with Crippen molar-refractivity contribution in [1.29, 1.82) is 0 Å². The Kier molecular flexibility index (Phi) is 4.01. The average Bonchev–Trinajstić information content (AvgIpc) is 2.46. The zero-order valence-corrected chi connectivity index (χ0v) is 10.9. The van der Waals surface area contributed by atoms with Gasteiger partial charge in [-0.2, -0.15) is 0 Å². The van der Waals surface area contributed by atoms with Gasteiger partial charge in [-0.25, -0.2) is 0 Å². The molecule has 1 aliphatic heterocycles. The molecule has 9 nitrogen and oxygen atoms in total. The predicted molar refractivity (Wildman–Crippen MR) is 69.7 cm³/mol. The molecule has 0 amide bonds. The van der Waals surface area contributed by atoms with Crippen LogP contribution in [0.3, 0.4) is 0 Å². The molecule has 112 valence electrons. The number of piperidine rings is 1. The topological polar surface area (TPSA) is 130 Å². The normalized spacial score (nSPS) is 18.3. The maximum absolute atomic E-state index is 11.1. The van der Waals surface area contributed by atoms with E-state index in [0.29, 0.717) is 19.4 Å². The summed E-state index contributed by atoms with van der Waals surface area (Å²) in [5, 5.41) is 32.7. The molecule has 21 heavy (non-hydrogen) atoms. The minimum atomic E-state index is -1.19. The summed E-state index contributed by atoms with van der Waals surface area (Å²) in [6, 6.07) is 3.34. The number of hydrogen-bond donors (Lipinski definition) is 0. The highest BCUT2D eigenvalue weighted by Gasteiger charge is 2.27. The van der Waals surface area contributed by atoms with Crippen LogP contribution in [-0.4, -0.2) is 28.9 Å². The number of carboxylic acid groups (broad SMARTS) is 1. The first-order chi connectivity index (χ1) is 9.90. The lowest BCUT2D eigenvalue weighted by atomic mass is 9.97. The molecule has 0 unspecified atom stereocenters. The quantitative estimate of drug-likeness (QED) is 0.582. The fourth-order valence-corrected chi connectivity index (χ4v) is 2.43. The van der Waals surface area contributed by atoms with E-state index < -0.39 is 27.4 Å². The molecular formula is C12H12N3O6-. The van der Waals surface area contributed by atoms with Gasteiger partial charge in [-0.3, -0.25) is 20.2 Å². The number of nitro benzene ring substituents is 2. The average molecular weight is 294 g/mol. The van der Waals surface area contributed by atoms with Crippen molar-refractivity contribution in [3.8, 4) is 0 Å². The van der Waals surface area contributed by atoms with Crippen molar-refractivity contribution in [3.05, 3.63) is 38.4 Å². The number of nitrogens with zero attached hydrogens (tertiary/aromatic N) is 3. The Morgan fingerprint density at radius 1 is 1.24 bits per heavy atom. The summed E-state index contributed by atoms with van der Waals surface area (Å²) < 4.78 is 0. The smallest absolute Gasteiger partial charge is 0.299 e. The molecule has 1 atom stereocenters. The molecule has 1 fully saturated rings. The van der Waals surface area contributed by atoms with Gasteiger partial charge >= 0.3 is 0 Å².